The molecule has 0 radical (unpaired) electrons. The summed E-state index contributed by atoms with van der Waals surface area (Å²) in [6.07, 6.45) is -0.0632. The summed E-state index contributed by atoms with van der Waals surface area (Å²) < 4.78 is 39.1. The molecule has 1 nitrogen and oxygen atoms in total. The number of nitrogens with zero attached hydrogens (tertiary/aromatic N) is 1. The Hall–Kier alpha value is -1.97. The van der Waals surface area contributed by atoms with Crippen molar-refractivity contribution in [2.45, 2.75) is 70.1 Å². The van der Waals surface area contributed by atoms with Crippen LogP contribution in [0.4, 0.5) is 18.9 Å². The maximum Gasteiger partial charge on any atom is 0.416 e. The number of fused-ring (bicyclic) bond motifs is 2. The topological polar surface area (TPSA) is 3.24 Å². The Bertz CT molecular complexity index is 822. The van der Waals surface area contributed by atoms with Gasteiger partial charge in [-0.1, -0.05) is 45.0 Å². The van der Waals surface area contributed by atoms with Gasteiger partial charge in [-0.15, -0.1) is 0 Å². The van der Waals surface area contributed by atoms with Crippen molar-refractivity contribution in [3.63, 3.8) is 0 Å². The number of anilines is 1. The quantitative estimate of drug-likeness (QED) is 0.542. The third-order valence-corrected chi connectivity index (χ3v) is 6.67. The highest BCUT2D eigenvalue weighted by Crippen LogP contribution is 2.54. The van der Waals surface area contributed by atoms with Crippen LogP contribution in [0.15, 0.2) is 48.5 Å². The minimum atomic E-state index is -4.29. The van der Waals surface area contributed by atoms with E-state index in [0.29, 0.717) is 17.9 Å². The molecule has 0 amide bonds. The van der Waals surface area contributed by atoms with Gasteiger partial charge in [0, 0.05) is 11.7 Å². The van der Waals surface area contributed by atoms with E-state index in [4.69, 9.17) is 0 Å². The molecule has 0 N–H and O–H groups in total. The fraction of sp³-hybridized carbons (Fsp3) is 0.500. The number of halogens is 3. The van der Waals surface area contributed by atoms with Crippen molar-refractivity contribution in [3.05, 3.63) is 65.2 Å². The van der Waals surface area contributed by atoms with Crippen LogP contribution in [0.5, 0.6) is 0 Å². The molecule has 1 unspecified atom stereocenters. The van der Waals surface area contributed by atoms with Gasteiger partial charge in [0.1, 0.15) is 0 Å². The molecule has 2 heterocycles. The molecule has 3 atom stereocenters. The molecule has 0 saturated carbocycles. The third-order valence-electron chi connectivity index (χ3n) is 6.67. The number of alkyl halides is 3. The van der Waals surface area contributed by atoms with E-state index in [1.54, 1.807) is 12.1 Å². The van der Waals surface area contributed by atoms with E-state index in [0.717, 1.165) is 31.2 Å². The third kappa shape index (κ3) is 3.21. The van der Waals surface area contributed by atoms with E-state index in [1.807, 2.05) is 0 Å². The first-order chi connectivity index (χ1) is 13.2. The molecule has 2 aromatic carbocycles. The van der Waals surface area contributed by atoms with Crippen LogP contribution in [0.3, 0.4) is 0 Å². The van der Waals surface area contributed by atoms with Gasteiger partial charge in [-0.3, -0.25) is 0 Å². The zero-order chi connectivity index (χ0) is 20.1. The van der Waals surface area contributed by atoms with E-state index in [2.05, 4.69) is 49.9 Å². The Labute approximate surface area is 165 Å². The van der Waals surface area contributed by atoms with Crippen LogP contribution < -0.4 is 4.90 Å². The molecule has 2 fully saturated rings. The second-order valence-corrected chi connectivity index (χ2v) is 8.96. The zero-order valence-electron chi connectivity index (χ0n) is 16.8. The van der Waals surface area contributed by atoms with Gasteiger partial charge in [0.05, 0.1) is 11.1 Å². The van der Waals surface area contributed by atoms with Crippen molar-refractivity contribution in [1.82, 2.24) is 0 Å². The van der Waals surface area contributed by atoms with Crippen LogP contribution in [0, 0.1) is 5.92 Å². The second-order valence-electron chi connectivity index (χ2n) is 8.96. The monoisotopic (exact) mass is 387 g/mol. The summed E-state index contributed by atoms with van der Waals surface area (Å²) in [7, 11) is 0. The predicted molar refractivity (Wildman–Crippen MR) is 108 cm³/mol. The van der Waals surface area contributed by atoms with E-state index < -0.39 is 11.7 Å². The fourth-order valence-corrected chi connectivity index (χ4v) is 5.40. The molecular weight excluding hydrogens is 359 g/mol. The summed E-state index contributed by atoms with van der Waals surface area (Å²) in [6.45, 7) is 6.65. The first kappa shape index (κ1) is 19.4. The van der Waals surface area contributed by atoms with Gasteiger partial charge >= 0.3 is 6.18 Å². The van der Waals surface area contributed by atoms with Crippen LogP contribution in [0.25, 0.3) is 0 Å². The zero-order valence-corrected chi connectivity index (χ0v) is 16.8. The molecule has 4 rings (SSSR count). The maximum atomic E-state index is 13.0. The Kier molecular flexibility index (Phi) is 4.71. The van der Waals surface area contributed by atoms with Crippen molar-refractivity contribution in [1.29, 1.82) is 0 Å². The lowest BCUT2D eigenvalue weighted by atomic mass is 9.77. The molecule has 28 heavy (non-hydrogen) atoms. The van der Waals surface area contributed by atoms with Crippen LogP contribution >= 0.6 is 0 Å². The number of hydrogen-bond donors (Lipinski definition) is 0. The molecule has 2 aliphatic heterocycles. The minimum absolute atomic E-state index is 0.203. The maximum absolute atomic E-state index is 13.0. The van der Waals surface area contributed by atoms with Crippen molar-refractivity contribution >= 4 is 5.69 Å². The van der Waals surface area contributed by atoms with E-state index >= 15 is 0 Å². The van der Waals surface area contributed by atoms with Crippen molar-refractivity contribution in [3.8, 4) is 0 Å². The SMILES string of the molecule is CC1C[C@H]2CC[C@@](c3ccc(C(F)(F)F)cc3)(C1)N2c1ccc(C(C)C)cc1. The van der Waals surface area contributed by atoms with Crippen molar-refractivity contribution in [2.24, 2.45) is 5.92 Å². The molecule has 2 aromatic rings. The number of hydrogen-bond acceptors (Lipinski definition) is 1. The molecule has 0 spiro atoms. The Morgan fingerprint density at radius 1 is 1.00 bits per heavy atom. The van der Waals surface area contributed by atoms with Gasteiger partial charge < -0.3 is 4.90 Å². The molecule has 4 heteroatoms. The van der Waals surface area contributed by atoms with Crippen LogP contribution in [0.1, 0.15) is 69.1 Å². The van der Waals surface area contributed by atoms with Crippen LogP contribution in [-0.4, -0.2) is 6.04 Å². The second kappa shape index (κ2) is 6.82. The van der Waals surface area contributed by atoms with Crippen LogP contribution in [0.2, 0.25) is 0 Å². The summed E-state index contributed by atoms with van der Waals surface area (Å²) in [5.41, 5.74) is 2.75. The van der Waals surface area contributed by atoms with Gasteiger partial charge in [-0.2, -0.15) is 13.2 Å². The van der Waals surface area contributed by atoms with Gasteiger partial charge in [-0.05, 0) is 72.9 Å². The average Bonchev–Trinajstić information content (AvgIpc) is 2.90. The summed E-state index contributed by atoms with van der Waals surface area (Å²) in [5, 5.41) is 0. The highest BCUT2D eigenvalue weighted by molar-refractivity contribution is 5.56. The largest absolute Gasteiger partial charge is 0.416 e. The predicted octanol–water partition coefficient (Wildman–Crippen LogP) is 7.12. The first-order valence-corrected chi connectivity index (χ1v) is 10.3. The standard InChI is InChI=1S/C24H28F3N/c1-16(2)18-4-10-21(11-5-18)28-22-12-13-23(28,15-17(3)14-22)19-6-8-20(9-7-19)24(25,26)27/h4-11,16-17,22H,12-15H2,1-3H3/t17?,22-,23+/m1/s1. The average molecular weight is 387 g/mol. The van der Waals surface area contributed by atoms with E-state index in [9.17, 15) is 13.2 Å². The summed E-state index contributed by atoms with van der Waals surface area (Å²) in [4.78, 5) is 2.51. The fourth-order valence-electron chi connectivity index (χ4n) is 5.40. The Morgan fingerprint density at radius 2 is 1.64 bits per heavy atom. The number of benzene rings is 2. The normalized spacial score (nSPS) is 27.5. The minimum Gasteiger partial charge on any atom is -0.359 e. The summed E-state index contributed by atoms with van der Waals surface area (Å²) in [5.74, 6) is 1.05. The highest BCUT2D eigenvalue weighted by atomic mass is 19.4. The molecule has 0 aliphatic carbocycles. The van der Waals surface area contributed by atoms with Gasteiger partial charge in [0.25, 0.3) is 0 Å². The molecule has 2 bridgehead atoms. The van der Waals surface area contributed by atoms with Gasteiger partial charge in [0.2, 0.25) is 0 Å². The molecule has 2 aliphatic rings. The summed E-state index contributed by atoms with van der Waals surface area (Å²) in [6, 6.07) is 15.1. The van der Waals surface area contributed by atoms with E-state index in [-0.39, 0.29) is 5.54 Å². The highest BCUT2D eigenvalue weighted by Gasteiger charge is 2.51. The Morgan fingerprint density at radius 3 is 2.21 bits per heavy atom. The van der Waals surface area contributed by atoms with Crippen LogP contribution in [-0.2, 0) is 11.7 Å². The number of piperidine rings is 1. The first-order valence-electron chi connectivity index (χ1n) is 10.3. The lowest BCUT2D eigenvalue weighted by molar-refractivity contribution is -0.137. The van der Waals surface area contributed by atoms with E-state index in [1.165, 1.54) is 23.4 Å². The molecule has 150 valence electrons. The lowest BCUT2D eigenvalue weighted by Gasteiger charge is -2.49. The van der Waals surface area contributed by atoms with Crippen molar-refractivity contribution in [2.75, 3.05) is 4.90 Å². The lowest BCUT2D eigenvalue weighted by Crippen LogP contribution is -2.50. The smallest absolute Gasteiger partial charge is 0.359 e. The molecule has 0 aromatic heterocycles. The number of rotatable bonds is 3. The Balaban J connectivity index is 1.75. The molecule has 2 saturated heterocycles. The van der Waals surface area contributed by atoms with Gasteiger partial charge in [-0.25, -0.2) is 0 Å². The molecular formula is C24H28F3N. The van der Waals surface area contributed by atoms with Crippen molar-refractivity contribution < 1.29 is 13.2 Å². The van der Waals surface area contributed by atoms with Gasteiger partial charge in [0.15, 0.2) is 0 Å². The summed E-state index contributed by atoms with van der Waals surface area (Å²) >= 11 is 0.